The summed E-state index contributed by atoms with van der Waals surface area (Å²) in [6.07, 6.45) is 2.08. The number of thiazole rings is 1. The molecule has 1 aromatic heterocycles. The molecule has 26 heavy (non-hydrogen) atoms. The number of ether oxygens (including phenoxy) is 1. The van der Waals surface area contributed by atoms with Crippen LogP contribution in [-0.4, -0.2) is 29.1 Å². The highest BCUT2D eigenvalue weighted by molar-refractivity contribution is 9.10. The van der Waals surface area contributed by atoms with E-state index in [0.29, 0.717) is 12.2 Å². The third-order valence-corrected chi connectivity index (χ3v) is 5.93. The lowest BCUT2D eigenvalue weighted by Gasteiger charge is -2.05. The van der Waals surface area contributed by atoms with Crippen molar-refractivity contribution in [3.05, 3.63) is 57.3 Å². The Labute approximate surface area is 169 Å². The number of hydrogen-bond acceptors (Lipinski definition) is 4. The normalized spacial score (nSPS) is 11.9. The lowest BCUT2D eigenvalue weighted by atomic mass is 10.2. The fraction of sp³-hybridized carbons (Fsp3) is 0.263. The van der Waals surface area contributed by atoms with Crippen molar-refractivity contribution < 1.29 is 9.53 Å². The molecule has 1 heterocycles. The monoisotopic (exact) mass is 450 g/mol. The van der Waals surface area contributed by atoms with Crippen molar-refractivity contribution in [3.8, 4) is 5.75 Å². The van der Waals surface area contributed by atoms with Gasteiger partial charge in [0.1, 0.15) is 5.75 Å². The number of fused-ring (bicyclic) bond motifs is 1. The first-order chi connectivity index (χ1) is 12.6. The van der Waals surface area contributed by atoms with Gasteiger partial charge in [0.2, 0.25) is 0 Å². The Hall–Kier alpha value is -1.57. The standard InChI is InChI=1S/C19H19BrN2O2S2/c1-3-24-15-8-9-16-17(12-15)26-19(22(16)10-11-25-2)21-18(23)13-4-6-14(20)7-5-13/h4-9,12H,3,10-11H2,1-2H3. The fourth-order valence-corrected chi connectivity index (χ4v) is 4.25. The lowest BCUT2D eigenvalue weighted by Crippen LogP contribution is -2.18. The number of aryl methyl sites for hydroxylation is 1. The number of rotatable bonds is 6. The Kier molecular flexibility index (Phi) is 6.56. The van der Waals surface area contributed by atoms with Gasteiger partial charge in [-0.2, -0.15) is 16.8 Å². The molecule has 0 saturated carbocycles. The third kappa shape index (κ3) is 4.39. The van der Waals surface area contributed by atoms with E-state index < -0.39 is 0 Å². The van der Waals surface area contributed by atoms with Gasteiger partial charge in [-0.3, -0.25) is 4.79 Å². The summed E-state index contributed by atoms with van der Waals surface area (Å²) in [4.78, 5) is 17.7. The van der Waals surface area contributed by atoms with E-state index in [2.05, 4.69) is 31.7 Å². The summed E-state index contributed by atoms with van der Waals surface area (Å²) >= 11 is 6.68. The number of hydrogen-bond donors (Lipinski definition) is 0. The minimum Gasteiger partial charge on any atom is -0.494 e. The maximum absolute atomic E-state index is 12.6. The molecule has 3 rings (SSSR count). The SMILES string of the molecule is CCOc1ccc2c(c1)sc(=NC(=O)c1ccc(Br)cc1)n2CCSC. The average molecular weight is 451 g/mol. The highest BCUT2D eigenvalue weighted by Gasteiger charge is 2.10. The van der Waals surface area contributed by atoms with Gasteiger partial charge in [0.15, 0.2) is 4.80 Å². The van der Waals surface area contributed by atoms with E-state index in [1.807, 2.05) is 37.3 Å². The molecule has 0 unspecified atom stereocenters. The zero-order valence-corrected chi connectivity index (χ0v) is 17.8. The number of benzene rings is 2. The molecule has 2 aromatic carbocycles. The molecule has 1 amide bonds. The number of carbonyl (C=O) groups is 1. The summed E-state index contributed by atoms with van der Waals surface area (Å²) in [5.74, 6) is 1.56. The van der Waals surface area contributed by atoms with E-state index in [9.17, 15) is 4.79 Å². The van der Waals surface area contributed by atoms with Crippen molar-refractivity contribution >= 4 is 55.2 Å². The van der Waals surface area contributed by atoms with E-state index in [0.717, 1.165) is 37.5 Å². The minimum atomic E-state index is -0.230. The largest absolute Gasteiger partial charge is 0.494 e. The number of aromatic nitrogens is 1. The fourth-order valence-electron chi connectivity index (χ4n) is 2.54. The number of amides is 1. The zero-order chi connectivity index (χ0) is 18.5. The summed E-state index contributed by atoms with van der Waals surface area (Å²) < 4.78 is 9.72. The van der Waals surface area contributed by atoms with Gasteiger partial charge in [-0.25, -0.2) is 0 Å². The molecule has 0 atom stereocenters. The summed E-state index contributed by atoms with van der Waals surface area (Å²) in [5.41, 5.74) is 1.66. The summed E-state index contributed by atoms with van der Waals surface area (Å²) in [7, 11) is 0. The van der Waals surface area contributed by atoms with Crippen molar-refractivity contribution in [2.24, 2.45) is 4.99 Å². The Morgan fingerprint density at radius 2 is 2.04 bits per heavy atom. The molecule has 0 aliphatic carbocycles. The molecule has 0 aliphatic rings. The second kappa shape index (κ2) is 8.88. The molecule has 136 valence electrons. The van der Waals surface area contributed by atoms with Crippen molar-refractivity contribution in [1.29, 1.82) is 0 Å². The first kappa shape index (κ1) is 19.2. The van der Waals surface area contributed by atoms with Crippen LogP contribution in [0.3, 0.4) is 0 Å². The van der Waals surface area contributed by atoms with Crippen LogP contribution >= 0.6 is 39.0 Å². The lowest BCUT2D eigenvalue weighted by molar-refractivity contribution is 0.0998. The molecule has 0 bridgehead atoms. The summed E-state index contributed by atoms with van der Waals surface area (Å²) in [5, 5.41) is 0. The number of nitrogens with zero attached hydrogens (tertiary/aromatic N) is 2. The van der Waals surface area contributed by atoms with Gasteiger partial charge in [-0.15, -0.1) is 0 Å². The van der Waals surface area contributed by atoms with Crippen LogP contribution in [0.1, 0.15) is 17.3 Å². The van der Waals surface area contributed by atoms with Gasteiger partial charge in [0.05, 0.1) is 16.8 Å². The molecule has 0 fully saturated rings. The number of carbonyl (C=O) groups excluding carboxylic acids is 1. The Bertz CT molecular complexity index is 977. The second-order valence-corrected chi connectivity index (χ2v) is 8.43. The third-order valence-electron chi connectivity index (χ3n) is 3.77. The Morgan fingerprint density at radius 1 is 1.27 bits per heavy atom. The van der Waals surface area contributed by atoms with Crippen LogP contribution in [-0.2, 0) is 6.54 Å². The molecule has 4 nitrogen and oxygen atoms in total. The van der Waals surface area contributed by atoms with E-state index >= 15 is 0 Å². The predicted molar refractivity (Wildman–Crippen MR) is 113 cm³/mol. The zero-order valence-electron chi connectivity index (χ0n) is 14.6. The van der Waals surface area contributed by atoms with Crippen LogP contribution in [0.2, 0.25) is 0 Å². The Morgan fingerprint density at radius 3 is 2.73 bits per heavy atom. The highest BCUT2D eigenvalue weighted by Crippen LogP contribution is 2.24. The maximum atomic E-state index is 12.6. The molecule has 0 N–H and O–H groups in total. The molecule has 0 aliphatic heterocycles. The second-order valence-electron chi connectivity index (χ2n) is 5.52. The number of thioether (sulfide) groups is 1. The van der Waals surface area contributed by atoms with Gasteiger partial charge in [0, 0.05) is 22.3 Å². The molecular formula is C19H19BrN2O2S2. The van der Waals surface area contributed by atoms with Crippen molar-refractivity contribution in [2.45, 2.75) is 13.5 Å². The van der Waals surface area contributed by atoms with Gasteiger partial charge in [0.25, 0.3) is 5.91 Å². The summed E-state index contributed by atoms with van der Waals surface area (Å²) in [6, 6.07) is 13.3. The van der Waals surface area contributed by atoms with Crippen molar-refractivity contribution in [1.82, 2.24) is 4.57 Å². The van der Waals surface area contributed by atoms with E-state index in [4.69, 9.17) is 4.74 Å². The van der Waals surface area contributed by atoms with Gasteiger partial charge < -0.3 is 9.30 Å². The average Bonchev–Trinajstić information content (AvgIpc) is 2.97. The maximum Gasteiger partial charge on any atom is 0.279 e. The van der Waals surface area contributed by atoms with Crippen LogP contribution in [0.25, 0.3) is 10.2 Å². The van der Waals surface area contributed by atoms with Gasteiger partial charge in [-0.05, 0) is 55.6 Å². The molecule has 3 aromatic rings. The van der Waals surface area contributed by atoms with Crippen LogP contribution in [0.5, 0.6) is 5.75 Å². The quantitative estimate of drug-likeness (QED) is 0.532. The van der Waals surface area contributed by atoms with Crippen LogP contribution in [0.4, 0.5) is 0 Å². The smallest absolute Gasteiger partial charge is 0.279 e. The van der Waals surface area contributed by atoms with Crippen LogP contribution < -0.4 is 9.54 Å². The van der Waals surface area contributed by atoms with Gasteiger partial charge in [-0.1, -0.05) is 27.3 Å². The van der Waals surface area contributed by atoms with Gasteiger partial charge >= 0.3 is 0 Å². The first-order valence-corrected chi connectivity index (χ1v) is 11.2. The number of halogens is 1. The summed E-state index contributed by atoms with van der Waals surface area (Å²) in [6.45, 7) is 3.40. The first-order valence-electron chi connectivity index (χ1n) is 8.22. The Balaban J connectivity index is 2.07. The minimum absolute atomic E-state index is 0.230. The van der Waals surface area contributed by atoms with E-state index in [1.165, 1.54) is 11.3 Å². The predicted octanol–water partition coefficient (Wildman–Crippen LogP) is 4.97. The van der Waals surface area contributed by atoms with Crippen LogP contribution in [0.15, 0.2) is 51.9 Å². The highest BCUT2D eigenvalue weighted by atomic mass is 79.9. The molecular weight excluding hydrogens is 432 g/mol. The van der Waals surface area contributed by atoms with Crippen LogP contribution in [0, 0.1) is 0 Å². The van der Waals surface area contributed by atoms with Crippen molar-refractivity contribution in [2.75, 3.05) is 18.6 Å². The van der Waals surface area contributed by atoms with E-state index in [1.54, 1.807) is 23.9 Å². The van der Waals surface area contributed by atoms with E-state index in [-0.39, 0.29) is 5.91 Å². The molecule has 0 spiro atoms. The van der Waals surface area contributed by atoms with Crippen molar-refractivity contribution in [3.63, 3.8) is 0 Å². The molecule has 7 heteroatoms. The molecule has 0 radical (unpaired) electrons. The topological polar surface area (TPSA) is 43.6 Å². The molecule has 0 saturated heterocycles.